The Labute approximate surface area is 517 Å². The summed E-state index contributed by atoms with van der Waals surface area (Å²) in [6.45, 7) is 27.5. The van der Waals surface area contributed by atoms with E-state index in [1.165, 1.54) is 61.3 Å². The molecule has 0 unspecified atom stereocenters. The van der Waals surface area contributed by atoms with Crippen LogP contribution in [0.4, 0.5) is 34.1 Å². The van der Waals surface area contributed by atoms with Crippen LogP contribution in [0.3, 0.4) is 0 Å². The minimum Gasteiger partial charge on any atom is -0.509 e. The van der Waals surface area contributed by atoms with Crippen molar-refractivity contribution in [3.05, 3.63) is 258 Å². The monoisotopic (exact) mass is 1290 g/mol. The smallest absolute Gasteiger partial charge is 0.135 e. The van der Waals surface area contributed by atoms with E-state index in [1.807, 2.05) is 24.4 Å². The van der Waals surface area contributed by atoms with E-state index < -0.39 is 5.41 Å². The molecule has 0 fully saturated rings. The van der Waals surface area contributed by atoms with Gasteiger partial charge < -0.3 is 24.4 Å². The van der Waals surface area contributed by atoms with Gasteiger partial charge in [0.05, 0.1) is 11.1 Å². The Morgan fingerprint density at radius 2 is 1.07 bits per heavy atom. The van der Waals surface area contributed by atoms with Crippen LogP contribution in [0.1, 0.15) is 128 Å². The topological polar surface area (TPSA) is 45.6 Å². The van der Waals surface area contributed by atoms with Gasteiger partial charge in [-0.2, -0.15) is 6.07 Å². The Balaban J connectivity index is 0.00000709. The standard InChI is InChI=1S/C78H74N5O.Pt/c1-74(2,3)51-38-39-79-70(45-51)83-68-37-25-32-62-71(68)72-63(78(62)60-30-18-21-34-65(60)81(13)66-35-22-19-31-61(66)78)47-57(48-69(72)83)84-56-29-24-28-55(46-56)80-64-33-20-23-36-67(64)82(14)73-58(49-26-16-15-17-27-49)43-54(77(10,11)12)44-59(73)50-40-52(75(4,5)6)42-53(41-50)76(7,8)9;/h15-45,47,80H,14H2,1-13H3;/q-3;. The van der Waals surface area contributed by atoms with Crippen LogP contribution in [0.5, 0.6) is 11.5 Å². The number of pyridine rings is 1. The van der Waals surface area contributed by atoms with E-state index in [1.54, 1.807) is 0 Å². The van der Waals surface area contributed by atoms with E-state index in [0.29, 0.717) is 11.5 Å². The van der Waals surface area contributed by atoms with Crippen molar-refractivity contribution in [1.29, 1.82) is 0 Å². The number of fused-ring (bicyclic) bond motifs is 6. The summed E-state index contributed by atoms with van der Waals surface area (Å²) in [5, 5.41) is 6.17. The fourth-order valence-electron chi connectivity index (χ4n) is 13.0. The molecule has 1 aliphatic heterocycles. The summed E-state index contributed by atoms with van der Waals surface area (Å²) < 4.78 is 9.44. The molecule has 2 aromatic heterocycles. The van der Waals surface area contributed by atoms with E-state index >= 15 is 0 Å². The second-order valence-electron chi connectivity index (χ2n) is 27.2. The van der Waals surface area contributed by atoms with Gasteiger partial charge in [0.25, 0.3) is 0 Å². The number of benzene rings is 9. The Morgan fingerprint density at radius 1 is 0.506 bits per heavy atom. The minimum atomic E-state index is -0.649. The number of hydrogen-bond acceptors (Lipinski definition) is 5. The molecule has 1 spiro atoms. The third kappa shape index (κ3) is 9.66. The number of anilines is 6. The molecule has 1 N–H and O–H groups in total. The van der Waals surface area contributed by atoms with Crippen molar-refractivity contribution in [3.8, 4) is 39.6 Å². The van der Waals surface area contributed by atoms with Gasteiger partial charge >= 0.3 is 0 Å². The van der Waals surface area contributed by atoms with Crippen LogP contribution in [-0.4, -0.2) is 16.6 Å². The maximum atomic E-state index is 7.15. The Bertz CT molecular complexity index is 4330. The van der Waals surface area contributed by atoms with Crippen LogP contribution >= 0.6 is 0 Å². The molecule has 11 aromatic rings. The molecule has 3 heterocycles. The van der Waals surface area contributed by atoms with Crippen LogP contribution in [0.25, 0.3) is 49.9 Å². The molecule has 85 heavy (non-hydrogen) atoms. The SMILES string of the molecule is [CH2-]N(c1ccccc1Nc1[c-]c(Oc2[c-]c3c4c(c2)C2(c5ccccc5N(C)c5ccccc52)c2cccc(c24)n3-c2cc(C(C)(C)C)ccn2)ccc1)c1c(-c2ccccc2)cc(C(C)(C)C)cc1-c1cc(C(C)(C)C)cc(C(C)(C)C)c1.[Pt]. The third-order valence-corrected chi connectivity index (χ3v) is 17.5. The first kappa shape index (κ1) is 57.3. The maximum Gasteiger partial charge on any atom is 0.135 e. The number of nitrogens with zero attached hydrogens (tertiary/aromatic N) is 4. The largest absolute Gasteiger partial charge is 0.509 e. The van der Waals surface area contributed by atoms with E-state index in [0.717, 1.165) is 67.2 Å². The Hall–Kier alpha value is -8.18. The molecule has 6 nitrogen and oxygen atoms in total. The van der Waals surface area contributed by atoms with Crippen molar-refractivity contribution < 1.29 is 25.8 Å². The average Bonchev–Trinajstić information content (AvgIpc) is 1.53. The summed E-state index contributed by atoms with van der Waals surface area (Å²) in [5.41, 5.74) is 21.3. The van der Waals surface area contributed by atoms with Gasteiger partial charge in [0.15, 0.2) is 0 Å². The maximum absolute atomic E-state index is 7.15. The molecule has 7 heteroatoms. The van der Waals surface area contributed by atoms with Gasteiger partial charge in [-0.1, -0.05) is 209 Å². The van der Waals surface area contributed by atoms with Gasteiger partial charge in [0, 0.05) is 85.2 Å². The van der Waals surface area contributed by atoms with Crippen molar-refractivity contribution in [2.75, 3.05) is 22.2 Å². The zero-order chi connectivity index (χ0) is 58.8. The van der Waals surface area contributed by atoms with Gasteiger partial charge in [-0.05, 0) is 132 Å². The van der Waals surface area contributed by atoms with E-state index in [9.17, 15) is 0 Å². The Kier molecular flexibility index (Phi) is 14.0. The average molecular weight is 1290 g/mol. The molecular formula is C78H74N5OPt-3. The summed E-state index contributed by atoms with van der Waals surface area (Å²) in [6, 6.07) is 75.9. The number of hydrogen-bond donors (Lipinski definition) is 1. The van der Waals surface area contributed by atoms with Crippen LogP contribution < -0.4 is 19.9 Å². The van der Waals surface area contributed by atoms with Gasteiger partial charge in [0.1, 0.15) is 5.82 Å². The first-order chi connectivity index (χ1) is 40.0. The number of nitrogens with one attached hydrogen (secondary N) is 1. The van der Waals surface area contributed by atoms with E-state index in [4.69, 9.17) is 16.8 Å². The molecule has 13 rings (SSSR count). The first-order valence-electron chi connectivity index (χ1n) is 29.5. The summed E-state index contributed by atoms with van der Waals surface area (Å²) >= 11 is 0. The predicted octanol–water partition coefficient (Wildman–Crippen LogP) is 20.5. The molecule has 9 aromatic carbocycles. The normalized spacial score (nSPS) is 13.5. The molecule has 2 aliphatic rings. The van der Waals surface area contributed by atoms with Crippen LogP contribution in [-0.2, 0) is 48.1 Å². The zero-order valence-electron chi connectivity index (χ0n) is 51.2. The quantitative estimate of drug-likeness (QED) is 0.146. The first-order valence-corrected chi connectivity index (χ1v) is 29.5. The molecule has 0 saturated heterocycles. The van der Waals surface area contributed by atoms with Crippen molar-refractivity contribution in [3.63, 3.8) is 0 Å². The molecule has 0 bridgehead atoms. The third-order valence-electron chi connectivity index (χ3n) is 17.5. The van der Waals surface area contributed by atoms with Crippen LogP contribution in [0.15, 0.2) is 194 Å². The minimum absolute atomic E-state index is 0. The molecular weight excluding hydrogens is 1220 g/mol. The van der Waals surface area contributed by atoms with Gasteiger partial charge in [-0.25, -0.2) is 4.98 Å². The summed E-state index contributed by atoms with van der Waals surface area (Å²) in [4.78, 5) is 9.55. The number of rotatable bonds is 9. The molecule has 430 valence electrons. The Morgan fingerprint density at radius 3 is 1.72 bits per heavy atom. The van der Waals surface area contributed by atoms with Crippen molar-refractivity contribution in [2.24, 2.45) is 0 Å². The van der Waals surface area contributed by atoms with Crippen LogP contribution in [0, 0.1) is 19.2 Å². The van der Waals surface area contributed by atoms with E-state index in [2.05, 4.69) is 292 Å². The molecule has 0 atom stereocenters. The number of para-hydroxylation sites is 4. The fraction of sp³-hybridized carbons (Fsp3) is 0.231. The second-order valence-corrected chi connectivity index (χ2v) is 27.2. The molecule has 0 radical (unpaired) electrons. The van der Waals surface area contributed by atoms with E-state index in [-0.39, 0.29) is 42.7 Å². The fourth-order valence-corrected chi connectivity index (χ4v) is 13.0. The second kappa shape index (κ2) is 20.8. The molecule has 0 amide bonds. The van der Waals surface area contributed by atoms with Crippen LogP contribution in [0.2, 0.25) is 0 Å². The van der Waals surface area contributed by atoms with Crippen molar-refractivity contribution in [2.45, 2.75) is 110 Å². The zero-order valence-corrected chi connectivity index (χ0v) is 53.5. The molecule has 0 saturated carbocycles. The summed E-state index contributed by atoms with van der Waals surface area (Å²) in [7, 11) is 7.16. The van der Waals surface area contributed by atoms with Crippen molar-refractivity contribution >= 4 is 55.9 Å². The number of aromatic nitrogens is 2. The molecule has 1 aliphatic carbocycles. The van der Waals surface area contributed by atoms with Gasteiger partial charge in [-0.3, -0.25) is 7.05 Å². The number of ether oxygens (including phenoxy) is 1. The van der Waals surface area contributed by atoms with Crippen molar-refractivity contribution in [1.82, 2.24) is 9.55 Å². The summed E-state index contributed by atoms with van der Waals surface area (Å²) in [6.07, 6.45) is 1.94. The van der Waals surface area contributed by atoms with Gasteiger partial charge in [0.2, 0.25) is 0 Å². The summed E-state index contributed by atoms with van der Waals surface area (Å²) in [5.74, 6) is 1.98. The van der Waals surface area contributed by atoms with Gasteiger partial charge in [-0.15, -0.1) is 35.9 Å². The predicted molar refractivity (Wildman–Crippen MR) is 352 cm³/mol.